The molecule has 130 valence electrons. The van der Waals surface area contributed by atoms with Gasteiger partial charge in [-0.15, -0.1) is 0 Å². The first-order valence-corrected chi connectivity index (χ1v) is 7.70. The van der Waals surface area contributed by atoms with Crippen molar-refractivity contribution in [1.82, 2.24) is 9.55 Å². The van der Waals surface area contributed by atoms with Crippen LogP contribution in [0, 0.1) is 0 Å². The maximum atomic E-state index is 12.9. The van der Waals surface area contributed by atoms with E-state index in [1.165, 1.54) is 24.3 Å². The second kappa shape index (κ2) is 6.24. The number of nitrogens with one attached hydrogen (secondary N) is 1. The van der Waals surface area contributed by atoms with Gasteiger partial charge in [0.1, 0.15) is 0 Å². The summed E-state index contributed by atoms with van der Waals surface area (Å²) in [4.78, 5) is 27.1. The Labute approximate surface area is 148 Å². The van der Waals surface area contributed by atoms with Gasteiger partial charge in [0.25, 0.3) is 5.56 Å². The number of H-pyrrole nitrogens is 1. The molecule has 0 radical (unpaired) electrons. The van der Waals surface area contributed by atoms with Gasteiger partial charge in [0.2, 0.25) is 0 Å². The molecule has 1 N–H and O–H groups in total. The standard InChI is InChI=1S/C16H9Cl2F3N2O2/c17-9-2-3-10-13(6-9)22-15(25)23(14(10)24)7-8-1-4-12(18)11(5-8)16(19,20)21/h1-6H,7H2,(H,22,25). The monoisotopic (exact) mass is 388 g/mol. The Kier molecular flexibility index (Phi) is 4.38. The van der Waals surface area contributed by atoms with E-state index in [1.807, 2.05) is 0 Å². The molecule has 0 unspecified atom stereocenters. The lowest BCUT2D eigenvalue weighted by Gasteiger charge is -2.12. The van der Waals surface area contributed by atoms with E-state index in [1.54, 1.807) is 0 Å². The molecule has 0 aliphatic rings. The zero-order chi connectivity index (χ0) is 18.4. The van der Waals surface area contributed by atoms with Crippen molar-refractivity contribution in [3.8, 4) is 0 Å². The number of benzene rings is 2. The molecule has 3 rings (SSSR count). The second-order valence-electron chi connectivity index (χ2n) is 5.32. The maximum absolute atomic E-state index is 12.9. The van der Waals surface area contributed by atoms with Crippen molar-refractivity contribution in [2.45, 2.75) is 12.7 Å². The molecule has 0 aliphatic heterocycles. The number of nitrogens with zero attached hydrogens (tertiary/aromatic N) is 1. The van der Waals surface area contributed by atoms with E-state index in [0.29, 0.717) is 5.02 Å². The van der Waals surface area contributed by atoms with E-state index >= 15 is 0 Å². The first kappa shape index (κ1) is 17.6. The number of aromatic nitrogens is 2. The number of halogens is 5. The summed E-state index contributed by atoms with van der Waals surface area (Å²) >= 11 is 11.4. The first-order valence-electron chi connectivity index (χ1n) is 6.95. The highest BCUT2D eigenvalue weighted by Gasteiger charge is 2.33. The van der Waals surface area contributed by atoms with Crippen LogP contribution in [0.1, 0.15) is 11.1 Å². The summed E-state index contributed by atoms with van der Waals surface area (Å²) in [6.45, 7) is -0.326. The fourth-order valence-electron chi connectivity index (χ4n) is 2.44. The highest BCUT2D eigenvalue weighted by molar-refractivity contribution is 6.31. The lowest BCUT2D eigenvalue weighted by Crippen LogP contribution is -2.35. The van der Waals surface area contributed by atoms with Crippen molar-refractivity contribution in [3.05, 3.63) is 78.4 Å². The minimum Gasteiger partial charge on any atom is -0.307 e. The third-order valence-electron chi connectivity index (χ3n) is 3.62. The average molecular weight is 389 g/mol. The Hall–Kier alpha value is -2.25. The van der Waals surface area contributed by atoms with Crippen molar-refractivity contribution in [1.29, 1.82) is 0 Å². The predicted molar refractivity (Wildman–Crippen MR) is 89.4 cm³/mol. The van der Waals surface area contributed by atoms with Gasteiger partial charge in [-0.1, -0.05) is 29.3 Å². The zero-order valence-electron chi connectivity index (χ0n) is 12.3. The van der Waals surface area contributed by atoms with E-state index in [-0.39, 0.29) is 23.0 Å². The van der Waals surface area contributed by atoms with Crippen molar-refractivity contribution in [2.24, 2.45) is 0 Å². The lowest BCUT2D eigenvalue weighted by atomic mass is 10.1. The summed E-state index contributed by atoms with van der Waals surface area (Å²) in [5.74, 6) is 0. The molecule has 0 bridgehead atoms. The van der Waals surface area contributed by atoms with Crippen LogP contribution in [-0.2, 0) is 12.7 Å². The minimum atomic E-state index is -4.63. The Morgan fingerprint density at radius 2 is 1.76 bits per heavy atom. The van der Waals surface area contributed by atoms with Gasteiger partial charge in [0, 0.05) is 5.02 Å². The van der Waals surface area contributed by atoms with Crippen molar-refractivity contribution >= 4 is 34.1 Å². The van der Waals surface area contributed by atoms with Gasteiger partial charge in [-0.3, -0.25) is 9.36 Å². The molecule has 9 heteroatoms. The van der Waals surface area contributed by atoms with Crippen LogP contribution < -0.4 is 11.2 Å². The largest absolute Gasteiger partial charge is 0.417 e. The third kappa shape index (κ3) is 3.43. The smallest absolute Gasteiger partial charge is 0.307 e. The fourth-order valence-corrected chi connectivity index (χ4v) is 2.84. The highest BCUT2D eigenvalue weighted by atomic mass is 35.5. The number of alkyl halides is 3. The predicted octanol–water partition coefficient (Wildman–Crippen LogP) is 4.06. The summed E-state index contributed by atoms with van der Waals surface area (Å²) in [6, 6.07) is 7.58. The molecular weight excluding hydrogens is 380 g/mol. The summed E-state index contributed by atoms with van der Waals surface area (Å²) in [7, 11) is 0. The molecule has 1 aromatic heterocycles. The number of hydrogen-bond acceptors (Lipinski definition) is 2. The summed E-state index contributed by atoms with van der Waals surface area (Å²) in [5.41, 5.74) is -2.02. The van der Waals surface area contributed by atoms with Crippen LogP contribution in [0.15, 0.2) is 46.0 Å². The summed E-state index contributed by atoms with van der Waals surface area (Å²) in [6.07, 6.45) is -4.63. The van der Waals surface area contributed by atoms with E-state index in [2.05, 4.69) is 4.98 Å². The third-order valence-corrected chi connectivity index (χ3v) is 4.19. The average Bonchev–Trinajstić information content (AvgIpc) is 2.51. The van der Waals surface area contributed by atoms with Crippen LogP contribution in [0.2, 0.25) is 10.0 Å². The summed E-state index contributed by atoms with van der Waals surface area (Å²) in [5, 5.41) is 0.0903. The zero-order valence-corrected chi connectivity index (χ0v) is 13.8. The first-order chi connectivity index (χ1) is 11.7. The SMILES string of the molecule is O=c1[nH]c2cc(Cl)ccc2c(=O)n1Cc1ccc(Cl)c(C(F)(F)F)c1. The Balaban J connectivity index is 2.12. The molecule has 4 nitrogen and oxygen atoms in total. The molecule has 0 saturated heterocycles. The molecule has 0 saturated carbocycles. The van der Waals surface area contributed by atoms with Gasteiger partial charge in [0.05, 0.1) is 28.0 Å². The molecule has 0 aliphatic carbocycles. The van der Waals surface area contributed by atoms with Gasteiger partial charge >= 0.3 is 11.9 Å². The van der Waals surface area contributed by atoms with Crippen LogP contribution in [0.3, 0.4) is 0 Å². The number of hydrogen-bond donors (Lipinski definition) is 1. The lowest BCUT2D eigenvalue weighted by molar-refractivity contribution is -0.137. The quantitative estimate of drug-likeness (QED) is 0.719. The van der Waals surface area contributed by atoms with E-state index < -0.39 is 28.0 Å². The van der Waals surface area contributed by atoms with Gasteiger partial charge < -0.3 is 4.98 Å². The molecule has 0 atom stereocenters. The Morgan fingerprint density at radius 1 is 1.04 bits per heavy atom. The molecular formula is C16H9Cl2F3N2O2. The van der Waals surface area contributed by atoms with Crippen LogP contribution in [-0.4, -0.2) is 9.55 Å². The number of aromatic amines is 1. The van der Waals surface area contributed by atoms with Gasteiger partial charge in [-0.05, 0) is 35.9 Å². The van der Waals surface area contributed by atoms with Crippen LogP contribution >= 0.6 is 23.2 Å². The molecule has 25 heavy (non-hydrogen) atoms. The van der Waals surface area contributed by atoms with Crippen LogP contribution in [0.4, 0.5) is 13.2 Å². The number of rotatable bonds is 2. The Morgan fingerprint density at radius 3 is 2.44 bits per heavy atom. The van der Waals surface area contributed by atoms with Crippen molar-refractivity contribution < 1.29 is 13.2 Å². The maximum Gasteiger partial charge on any atom is 0.417 e. The molecule has 1 heterocycles. The van der Waals surface area contributed by atoms with Crippen molar-refractivity contribution in [3.63, 3.8) is 0 Å². The molecule has 3 aromatic rings. The molecule has 0 spiro atoms. The van der Waals surface area contributed by atoms with Crippen LogP contribution in [0.5, 0.6) is 0 Å². The molecule has 2 aromatic carbocycles. The van der Waals surface area contributed by atoms with Crippen molar-refractivity contribution in [2.75, 3.05) is 0 Å². The summed E-state index contributed by atoms with van der Waals surface area (Å²) < 4.78 is 39.6. The normalized spacial score (nSPS) is 11.9. The van der Waals surface area contributed by atoms with E-state index in [9.17, 15) is 22.8 Å². The number of fused-ring (bicyclic) bond motifs is 1. The topological polar surface area (TPSA) is 54.9 Å². The minimum absolute atomic E-state index is 0.123. The van der Waals surface area contributed by atoms with Gasteiger partial charge in [0.15, 0.2) is 0 Å². The van der Waals surface area contributed by atoms with Gasteiger partial charge in [-0.2, -0.15) is 13.2 Å². The van der Waals surface area contributed by atoms with Gasteiger partial charge in [-0.25, -0.2) is 4.79 Å². The Bertz CT molecular complexity index is 1090. The van der Waals surface area contributed by atoms with Crippen LogP contribution in [0.25, 0.3) is 10.9 Å². The second-order valence-corrected chi connectivity index (χ2v) is 6.17. The van der Waals surface area contributed by atoms with E-state index in [4.69, 9.17) is 23.2 Å². The fraction of sp³-hybridized carbons (Fsp3) is 0.125. The van der Waals surface area contributed by atoms with E-state index in [0.717, 1.165) is 16.7 Å². The highest BCUT2D eigenvalue weighted by Crippen LogP contribution is 2.35. The molecule has 0 amide bonds. The molecule has 0 fully saturated rings.